The molecule has 1 saturated carbocycles. The summed E-state index contributed by atoms with van der Waals surface area (Å²) in [5.41, 5.74) is 3.67. The fraction of sp³-hybridized carbons (Fsp3) is 0.318. The quantitative estimate of drug-likeness (QED) is 0.641. The Hall–Kier alpha value is -3.20. The SMILES string of the molecule is O=C1Cc2cc(S(=O)(=O)Nc3ccccc3-c3n[nH]c(C4CC4)n3)cc3c2N1CCC3. The highest BCUT2D eigenvalue weighted by molar-refractivity contribution is 7.92. The van der Waals surface area contributed by atoms with E-state index in [1.165, 1.54) is 0 Å². The van der Waals surface area contributed by atoms with Crippen LogP contribution in [-0.4, -0.2) is 36.1 Å². The van der Waals surface area contributed by atoms with Gasteiger partial charge in [0.1, 0.15) is 5.82 Å². The highest BCUT2D eigenvalue weighted by Crippen LogP contribution is 2.40. The number of hydrogen-bond acceptors (Lipinski definition) is 5. The van der Waals surface area contributed by atoms with Crippen molar-refractivity contribution in [2.45, 2.75) is 42.9 Å². The first-order chi connectivity index (χ1) is 15.0. The molecular formula is C22H21N5O3S. The first kappa shape index (κ1) is 18.6. The number of nitrogens with zero attached hydrogens (tertiary/aromatic N) is 3. The number of aryl methyl sites for hydroxylation is 1. The number of nitrogens with one attached hydrogen (secondary N) is 2. The zero-order valence-corrected chi connectivity index (χ0v) is 17.6. The second kappa shape index (κ2) is 6.65. The molecule has 0 spiro atoms. The molecular weight excluding hydrogens is 414 g/mol. The van der Waals surface area contributed by atoms with Crippen LogP contribution in [-0.2, 0) is 27.7 Å². The van der Waals surface area contributed by atoms with Crippen LogP contribution in [0, 0.1) is 0 Å². The summed E-state index contributed by atoms with van der Waals surface area (Å²) in [7, 11) is -3.85. The van der Waals surface area contributed by atoms with E-state index in [0.29, 0.717) is 29.5 Å². The number of amides is 1. The predicted octanol–water partition coefficient (Wildman–Crippen LogP) is 2.99. The Bertz CT molecular complexity index is 1330. The number of carbonyl (C=O) groups excluding carboxylic acids is 1. The molecule has 0 atom stereocenters. The number of H-pyrrole nitrogens is 1. The van der Waals surface area contributed by atoms with Crippen molar-refractivity contribution in [3.63, 3.8) is 0 Å². The van der Waals surface area contributed by atoms with Crippen LogP contribution in [0.5, 0.6) is 0 Å². The van der Waals surface area contributed by atoms with Crippen molar-refractivity contribution in [1.29, 1.82) is 0 Å². The molecule has 158 valence electrons. The monoisotopic (exact) mass is 435 g/mol. The normalized spacial score (nSPS) is 17.7. The first-order valence-corrected chi connectivity index (χ1v) is 12.0. The van der Waals surface area contributed by atoms with Crippen LogP contribution in [0.1, 0.15) is 42.1 Å². The summed E-state index contributed by atoms with van der Waals surface area (Å²) in [6, 6.07) is 10.5. The third kappa shape index (κ3) is 3.11. The van der Waals surface area contributed by atoms with Gasteiger partial charge in [0.25, 0.3) is 10.0 Å². The molecule has 1 aliphatic carbocycles. The van der Waals surface area contributed by atoms with Gasteiger partial charge in [0.15, 0.2) is 5.82 Å². The minimum atomic E-state index is -3.85. The molecule has 2 N–H and O–H groups in total. The number of anilines is 2. The zero-order valence-electron chi connectivity index (χ0n) is 16.8. The molecule has 31 heavy (non-hydrogen) atoms. The summed E-state index contributed by atoms with van der Waals surface area (Å²) < 4.78 is 29.3. The number of carbonyl (C=O) groups is 1. The zero-order chi connectivity index (χ0) is 21.2. The number of para-hydroxylation sites is 1. The first-order valence-electron chi connectivity index (χ1n) is 10.5. The molecule has 2 aliphatic heterocycles. The second-order valence-electron chi connectivity index (χ2n) is 8.39. The number of sulfonamides is 1. The van der Waals surface area contributed by atoms with E-state index in [9.17, 15) is 13.2 Å². The summed E-state index contributed by atoms with van der Waals surface area (Å²) in [5, 5.41) is 7.27. The standard InChI is InChI=1S/C22H21N5O3S/c28-19-12-15-11-16(10-14-4-3-9-27(19)20(14)15)31(29,30)26-18-6-2-1-5-17(18)22-23-21(24-25-22)13-7-8-13/h1-2,5-6,10-11,13,26H,3-4,7-9,12H2,(H,23,24,25). The van der Waals surface area contributed by atoms with Crippen molar-refractivity contribution in [3.8, 4) is 11.4 Å². The van der Waals surface area contributed by atoms with E-state index >= 15 is 0 Å². The van der Waals surface area contributed by atoms with Crippen molar-refractivity contribution in [2.75, 3.05) is 16.2 Å². The van der Waals surface area contributed by atoms with Crippen LogP contribution in [0.4, 0.5) is 11.4 Å². The van der Waals surface area contributed by atoms with Gasteiger partial charge < -0.3 is 4.90 Å². The lowest BCUT2D eigenvalue weighted by molar-refractivity contribution is -0.117. The van der Waals surface area contributed by atoms with Gasteiger partial charge in [-0.3, -0.25) is 14.6 Å². The van der Waals surface area contributed by atoms with Crippen LogP contribution in [0.15, 0.2) is 41.3 Å². The van der Waals surface area contributed by atoms with Gasteiger partial charge in [-0.15, -0.1) is 0 Å². The average Bonchev–Trinajstić information content (AvgIpc) is 3.40. The molecule has 1 aromatic heterocycles. The van der Waals surface area contributed by atoms with Crippen LogP contribution >= 0.6 is 0 Å². The van der Waals surface area contributed by atoms with E-state index in [-0.39, 0.29) is 17.2 Å². The molecule has 1 fully saturated rings. The summed E-state index contributed by atoms with van der Waals surface area (Å²) in [5.74, 6) is 1.79. The van der Waals surface area contributed by atoms with Gasteiger partial charge in [-0.25, -0.2) is 13.4 Å². The summed E-state index contributed by atoms with van der Waals surface area (Å²) in [6.45, 7) is 0.704. The van der Waals surface area contributed by atoms with Gasteiger partial charge in [-0.1, -0.05) is 12.1 Å². The van der Waals surface area contributed by atoms with Gasteiger partial charge in [0.2, 0.25) is 5.91 Å². The number of aromatic nitrogens is 3. The summed E-state index contributed by atoms with van der Waals surface area (Å²) >= 11 is 0. The maximum atomic E-state index is 13.3. The average molecular weight is 436 g/mol. The molecule has 0 bridgehead atoms. The fourth-order valence-corrected chi connectivity index (χ4v) is 5.69. The molecule has 2 aromatic carbocycles. The molecule has 0 radical (unpaired) electrons. The number of benzene rings is 2. The van der Waals surface area contributed by atoms with Gasteiger partial charge in [-0.2, -0.15) is 5.10 Å². The smallest absolute Gasteiger partial charge is 0.261 e. The van der Waals surface area contributed by atoms with Crippen molar-refractivity contribution in [1.82, 2.24) is 15.2 Å². The minimum absolute atomic E-state index is 0.0416. The molecule has 0 unspecified atom stereocenters. The second-order valence-corrected chi connectivity index (χ2v) is 10.1. The fourth-order valence-electron chi connectivity index (χ4n) is 4.51. The van der Waals surface area contributed by atoms with Crippen molar-refractivity contribution in [2.24, 2.45) is 0 Å². The van der Waals surface area contributed by atoms with Gasteiger partial charge in [0, 0.05) is 18.0 Å². The topological polar surface area (TPSA) is 108 Å². The lowest BCUT2D eigenvalue weighted by atomic mass is 10.0. The van der Waals surface area contributed by atoms with E-state index in [0.717, 1.165) is 48.3 Å². The number of rotatable bonds is 5. The minimum Gasteiger partial charge on any atom is -0.312 e. The maximum absolute atomic E-state index is 13.3. The Morgan fingerprint density at radius 2 is 1.94 bits per heavy atom. The Morgan fingerprint density at radius 3 is 2.77 bits per heavy atom. The van der Waals surface area contributed by atoms with Gasteiger partial charge in [-0.05, 0) is 61.1 Å². The Kier molecular flexibility index (Phi) is 3.98. The molecule has 8 nitrogen and oxygen atoms in total. The highest BCUT2D eigenvalue weighted by atomic mass is 32.2. The third-order valence-electron chi connectivity index (χ3n) is 6.17. The lowest BCUT2D eigenvalue weighted by Gasteiger charge is -2.26. The van der Waals surface area contributed by atoms with E-state index < -0.39 is 10.0 Å². The van der Waals surface area contributed by atoms with E-state index in [1.807, 2.05) is 6.07 Å². The summed E-state index contributed by atoms with van der Waals surface area (Å²) in [6.07, 6.45) is 4.07. The Labute approximate surface area is 179 Å². The molecule has 3 aromatic rings. The van der Waals surface area contributed by atoms with Crippen molar-refractivity contribution >= 4 is 27.3 Å². The van der Waals surface area contributed by atoms with Crippen LogP contribution in [0.3, 0.4) is 0 Å². The molecule has 3 heterocycles. The molecule has 6 rings (SSSR count). The molecule has 0 saturated heterocycles. The Morgan fingerprint density at radius 1 is 1.13 bits per heavy atom. The maximum Gasteiger partial charge on any atom is 0.261 e. The molecule has 3 aliphatic rings. The van der Waals surface area contributed by atoms with Crippen LogP contribution < -0.4 is 9.62 Å². The lowest BCUT2D eigenvalue weighted by Crippen LogP contribution is -2.31. The largest absolute Gasteiger partial charge is 0.312 e. The predicted molar refractivity (Wildman–Crippen MR) is 115 cm³/mol. The van der Waals surface area contributed by atoms with Crippen molar-refractivity contribution in [3.05, 3.63) is 53.3 Å². The Balaban J connectivity index is 1.36. The van der Waals surface area contributed by atoms with Crippen LogP contribution in [0.25, 0.3) is 11.4 Å². The van der Waals surface area contributed by atoms with Gasteiger partial charge in [0.05, 0.1) is 22.7 Å². The van der Waals surface area contributed by atoms with Gasteiger partial charge >= 0.3 is 0 Å². The summed E-state index contributed by atoms with van der Waals surface area (Å²) in [4.78, 5) is 18.8. The third-order valence-corrected chi connectivity index (χ3v) is 7.52. The van der Waals surface area contributed by atoms with Crippen LogP contribution in [0.2, 0.25) is 0 Å². The van der Waals surface area contributed by atoms with E-state index in [1.54, 1.807) is 35.2 Å². The van der Waals surface area contributed by atoms with Crippen molar-refractivity contribution < 1.29 is 13.2 Å². The molecule has 9 heteroatoms. The highest BCUT2D eigenvalue weighted by Gasteiger charge is 2.34. The number of aromatic amines is 1. The number of hydrogen-bond donors (Lipinski definition) is 2. The van der Waals surface area contributed by atoms with E-state index in [4.69, 9.17) is 0 Å². The van der Waals surface area contributed by atoms with E-state index in [2.05, 4.69) is 19.9 Å². The molecule has 1 amide bonds.